The number of hydrogen-bond acceptors (Lipinski definition) is 2. The Morgan fingerprint density at radius 1 is 1.36 bits per heavy atom. The molecular formula is C6H15Co2O2Si-3. The molecule has 76 valence electrons. The van der Waals surface area contributed by atoms with Crippen molar-refractivity contribution in [3.8, 4) is 0 Å². The topological polar surface area (TPSA) is 34.1 Å². The molecular weight excluding hydrogens is 250 g/mol. The van der Waals surface area contributed by atoms with Crippen LogP contribution in [-0.2, 0) is 39.1 Å². The Morgan fingerprint density at radius 2 is 1.36 bits per heavy atom. The first-order valence-electron chi connectivity index (χ1n) is 2.33. The normalized spacial score (nSPS) is 4.82. The summed E-state index contributed by atoms with van der Waals surface area (Å²) in [6, 6.07) is 0. The third kappa shape index (κ3) is 2390. The maximum atomic E-state index is 7.94. The molecule has 0 aliphatic rings. The van der Waals surface area contributed by atoms with Gasteiger partial charge in [0.1, 0.15) is 0 Å². The van der Waals surface area contributed by atoms with Crippen LogP contribution < -0.4 is 0 Å². The molecule has 0 atom stereocenters. The van der Waals surface area contributed by atoms with Crippen molar-refractivity contribution in [1.82, 2.24) is 0 Å². The van der Waals surface area contributed by atoms with Crippen LogP contribution in [0.2, 0.25) is 6.55 Å². The zero-order valence-corrected chi connectivity index (χ0v) is 10.6. The first-order valence-corrected chi connectivity index (χ1v) is 5.60. The van der Waals surface area contributed by atoms with Gasteiger partial charge < -0.3 is 20.0 Å². The molecule has 0 N–H and O–H groups in total. The Balaban J connectivity index is -0.0000000144. The molecule has 0 aromatic carbocycles. The Labute approximate surface area is 88.6 Å². The van der Waals surface area contributed by atoms with Crippen LogP contribution in [0, 0.1) is 20.0 Å². The van der Waals surface area contributed by atoms with Crippen molar-refractivity contribution in [2.24, 2.45) is 0 Å². The van der Waals surface area contributed by atoms with Gasteiger partial charge >= 0.3 is 39.1 Å². The van der Waals surface area contributed by atoms with Crippen molar-refractivity contribution in [2.75, 3.05) is 0 Å². The molecule has 0 aromatic heterocycles. The van der Waals surface area contributed by atoms with E-state index in [2.05, 4.69) is 57.1 Å². The predicted octanol–water partition coefficient (Wildman–Crippen LogP) is 1.20. The summed E-state index contributed by atoms with van der Waals surface area (Å²) in [4.78, 5) is 0. The second-order valence-corrected chi connectivity index (χ2v) is 1.85. The Bertz CT molecular complexity index is 45.6. The van der Waals surface area contributed by atoms with Gasteiger partial charge in [-0.05, 0) is 0 Å². The van der Waals surface area contributed by atoms with Crippen LogP contribution in [0.3, 0.4) is 0 Å². The van der Waals surface area contributed by atoms with Gasteiger partial charge in [0, 0.05) is 0 Å². The molecule has 0 radical (unpaired) electrons. The fourth-order valence-corrected chi connectivity index (χ4v) is 0. The molecule has 2 nitrogen and oxygen atoms in total. The molecule has 0 saturated heterocycles. The first-order chi connectivity index (χ1) is 4.83. The van der Waals surface area contributed by atoms with E-state index >= 15 is 0 Å². The maximum absolute atomic E-state index is 7.94. The van der Waals surface area contributed by atoms with Gasteiger partial charge in [0.05, 0.1) is 0 Å². The summed E-state index contributed by atoms with van der Waals surface area (Å²) in [5.41, 5.74) is 0. The number of rotatable bonds is 0. The van der Waals surface area contributed by atoms with Crippen molar-refractivity contribution >= 4 is 9.52 Å². The van der Waals surface area contributed by atoms with Gasteiger partial charge in [0.15, 0.2) is 0 Å². The van der Waals surface area contributed by atoms with Gasteiger partial charge in [-0.25, -0.2) is 0 Å². The molecule has 0 saturated carbocycles. The van der Waals surface area contributed by atoms with Crippen LogP contribution in [0.1, 0.15) is 6.92 Å². The minimum absolute atomic E-state index is 0. The second-order valence-electron chi connectivity index (χ2n) is 0.854. The average molecular weight is 265 g/mol. The summed E-state index contributed by atoms with van der Waals surface area (Å²) in [7, 11) is 0.167. The summed E-state index contributed by atoms with van der Waals surface area (Å²) < 4.78 is 15.9. The van der Waals surface area contributed by atoms with E-state index in [0.717, 1.165) is 0 Å². The molecule has 0 aliphatic carbocycles. The fraction of sp³-hybridized carbons (Fsp3) is 0.333. The first kappa shape index (κ1) is 29.9. The molecule has 11 heavy (non-hydrogen) atoms. The molecule has 0 rings (SSSR count). The zero-order valence-electron chi connectivity index (χ0n) is 7.10. The van der Waals surface area contributed by atoms with E-state index in [1.165, 1.54) is 0 Å². The van der Waals surface area contributed by atoms with Crippen molar-refractivity contribution in [1.29, 1.82) is 0 Å². The summed E-state index contributed by atoms with van der Waals surface area (Å²) in [6.07, 6.45) is 2.50. The van der Waals surface area contributed by atoms with Crippen LogP contribution in [0.4, 0.5) is 0 Å². The Kier molecular flexibility index (Phi) is 399. The van der Waals surface area contributed by atoms with Crippen LogP contribution in [0.15, 0.2) is 6.58 Å². The predicted molar refractivity (Wildman–Crippen MR) is 42.1 cm³/mol. The van der Waals surface area contributed by atoms with E-state index in [0.29, 0.717) is 0 Å². The van der Waals surface area contributed by atoms with E-state index in [4.69, 9.17) is 7.73 Å². The van der Waals surface area contributed by atoms with Crippen molar-refractivity contribution in [3.05, 3.63) is 26.6 Å². The minimum atomic E-state index is 0. The van der Waals surface area contributed by atoms with Gasteiger partial charge in [0.25, 0.3) is 0 Å². The third-order valence-electron chi connectivity index (χ3n) is 0. The van der Waals surface area contributed by atoms with Gasteiger partial charge in [-0.15, -0.1) is 16.1 Å². The van der Waals surface area contributed by atoms with Crippen molar-refractivity contribution < 1.29 is 39.1 Å². The molecule has 0 amide bonds. The zero-order chi connectivity index (χ0) is 9.41. The summed E-state index contributed by atoms with van der Waals surface area (Å²) >= 11 is 4.62. The monoisotopic (exact) mass is 265 g/mol. The van der Waals surface area contributed by atoms with E-state index in [-0.39, 0.29) is 16.9 Å². The summed E-state index contributed by atoms with van der Waals surface area (Å²) in [6.45, 7) is 10.8. The Morgan fingerprint density at radius 3 is 1.36 bits per heavy atom. The molecule has 0 heterocycles. The Hall–Kier alpha value is 0.570. The summed E-state index contributed by atoms with van der Waals surface area (Å²) in [5, 5.41) is 0. The van der Waals surface area contributed by atoms with Crippen LogP contribution in [-0.4, -0.2) is 9.52 Å². The number of allylic oxidation sites excluding steroid dienone is 1. The second kappa shape index (κ2) is 147. The molecule has 0 aliphatic heterocycles. The van der Waals surface area contributed by atoms with Crippen LogP contribution in [0.5, 0.6) is 0 Å². The van der Waals surface area contributed by atoms with E-state index in [1.807, 2.05) is 0 Å². The third-order valence-corrected chi connectivity index (χ3v) is 0. The van der Waals surface area contributed by atoms with Crippen molar-refractivity contribution in [3.63, 3.8) is 0 Å². The average Bonchev–Trinajstić information content (AvgIpc) is 1.99. The van der Waals surface area contributed by atoms with Gasteiger partial charge in [-0.1, -0.05) is 0 Å². The standard InChI is InChI=1S/C3H5.C2H7Si.CH3.2Co.2O/c2*1-3-2;;;;;/h1H2,2H3;1,3H2,2H3;1H3;;;;/q3*-1;;;;. The fourth-order valence-electron chi connectivity index (χ4n) is 0. The SMILES string of the molecule is C=[C-]C.[CH2-][SiH2]C.[CH3-].[O]=[Co].[O]=[Co]. The summed E-state index contributed by atoms with van der Waals surface area (Å²) in [5.74, 6) is 0. The molecule has 0 bridgehead atoms. The van der Waals surface area contributed by atoms with Crippen LogP contribution >= 0.6 is 0 Å². The quantitative estimate of drug-likeness (QED) is 0.487. The van der Waals surface area contributed by atoms with E-state index in [9.17, 15) is 0 Å². The van der Waals surface area contributed by atoms with Gasteiger partial charge in [0.2, 0.25) is 0 Å². The van der Waals surface area contributed by atoms with Crippen molar-refractivity contribution in [2.45, 2.75) is 13.5 Å². The molecule has 0 fully saturated rings. The van der Waals surface area contributed by atoms with E-state index in [1.54, 1.807) is 6.92 Å². The molecule has 0 aromatic rings. The molecule has 0 unspecified atom stereocenters. The van der Waals surface area contributed by atoms with E-state index < -0.39 is 0 Å². The molecule has 5 heteroatoms. The van der Waals surface area contributed by atoms with Crippen LogP contribution in [0.25, 0.3) is 0 Å². The molecule has 0 spiro atoms. The number of hydrogen-bond donors (Lipinski definition) is 0. The van der Waals surface area contributed by atoms with Gasteiger partial charge in [-0.3, -0.25) is 6.58 Å². The van der Waals surface area contributed by atoms with Gasteiger partial charge in [-0.2, -0.15) is 6.92 Å².